The summed E-state index contributed by atoms with van der Waals surface area (Å²) in [6.07, 6.45) is 3.67. The summed E-state index contributed by atoms with van der Waals surface area (Å²) in [5.41, 5.74) is 0.528. The normalized spacial score (nSPS) is 11.7. The summed E-state index contributed by atoms with van der Waals surface area (Å²) in [7, 11) is 0. The first-order chi connectivity index (χ1) is 5.75. The van der Waals surface area contributed by atoms with Crippen molar-refractivity contribution in [3.05, 3.63) is 35.9 Å². The van der Waals surface area contributed by atoms with Crippen molar-refractivity contribution in [3.63, 3.8) is 0 Å². The molecule has 0 bridgehead atoms. The maximum Gasteiger partial charge on any atom is 0.238 e. The number of terminal acetylenes is 1. The van der Waals surface area contributed by atoms with Gasteiger partial charge in [0.25, 0.3) is 0 Å². The highest BCUT2D eigenvalue weighted by atomic mass is 16.3. The summed E-state index contributed by atoms with van der Waals surface area (Å²) in [4.78, 5) is 10.8. The lowest BCUT2D eigenvalue weighted by Gasteiger charge is -2.04. The van der Waals surface area contributed by atoms with Crippen LogP contribution in [0.2, 0.25) is 0 Å². The molecular formula is C10H8O2. The van der Waals surface area contributed by atoms with Gasteiger partial charge in [-0.15, -0.1) is 6.42 Å². The Morgan fingerprint density at radius 2 is 2.00 bits per heavy atom. The van der Waals surface area contributed by atoms with E-state index in [1.54, 1.807) is 30.3 Å². The fourth-order valence-electron chi connectivity index (χ4n) is 0.866. The molecule has 1 atom stereocenters. The molecule has 0 saturated heterocycles. The van der Waals surface area contributed by atoms with E-state index >= 15 is 0 Å². The van der Waals surface area contributed by atoms with Crippen LogP contribution >= 0.6 is 0 Å². The fraction of sp³-hybridized carbons (Fsp3) is 0.100. The van der Waals surface area contributed by atoms with Gasteiger partial charge in [0.1, 0.15) is 6.10 Å². The second-order valence-corrected chi connectivity index (χ2v) is 2.32. The van der Waals surface area contributed by atoms with E-state index in [4.69, 9.17) is 6.42 Å². The number of hydrogen-bond acceptors (Lipinski definition) is 2. The first kappa shape index (κ1) is 8.51. The Hall–Kier alpha value is -1.59. The highest BCUT2D eigenvalue weighted by Gasteiger charge is 2.13. The van der Waals surface area contributed by atoms with Crippen molar-refractivity contribution in [2.45, 2.75) is 6.10 Å². The van der Waals surface area contributed by atoms with Crippen LogP contribution in [0.4, 0.5) is 0 Å². The van der Waals surface area contributed by atoms with Crippen molar-refractivity contribution in [2.75, 3.05) is 0 Å². The van der Waals surface area contributed by atoms with Gasteiger partial charge < -0.3 is 5.11 Å². The smallest absolute Gasteiger partial charge is 0.238 e. The summed E-state index contributed by atoms with van der Waals surface area (Å²) in [6, 6.07) is 8.58. The van der Waals surface area contributed by atoms with Gasteiger partial charge in [0, 0.05) is 0 Å². The molecule has 0 saturated carbocycles. The Bertz CT molecular complexity index is 308. The number of aliphatic hydroxyl groups excluding tert-OH is 1. The summed E-state index contributed by atoms with van der Waals surface area (Å²) in [5.74, 6) is 1.26. The SMILES string of the molecule is C#CC(=O)C(O)c1ccccc1. The predicted octanol–water partition coefficient (Wildman–Crippen LogP) is 0.922. The predicted molar refractivity (Wildman–Crippen MR) is 45.2 cm³/mol. The summed E-state index contributed by atoms with van der Waals surface area (Å²) in [5, 5.41) is 9.30. The lowest BCUT2D eigenvalue weighted by molar-refractivity contribution is -0.121. The third kappa shape index (κ3) is 1.71. The van der Waals surface area contributed by atoms with Crippen molar-refractivity contribution in [1.29, 1.82) is 0 Å². The van der Waals surface area contributed by atoms with Gasteiger partial charge in [0.2, 0.25) is 5.78 Å². The molecule has 0 aliphatic heterocycles. The summed E-state index contributed by atoms with van der Waals surface area (Å²) in [6.45, 7) is 0. The largest absolute Gasteiger partial charge is 0.379 e. The van der Waals surface area contributed by atoms with Crippen molar-refractivity contribution >= 4 is 5.78 Å². The average molecular weight is 160 g/mol. The number of aliphatic hydroxyl groups is 1. The van der Waals surface area contributed by atoms with Crippen LogP contribution in [-0.2, 0) is 4.79 Å². The van der Waals surface area contributed by atoms with Crippen LogP contribution < -0.4 is 0 Å². The van der Waals surface area contributed by atoms with Crippen LogP contribution in [0, 0.1) is 12.3 Å². The van der Waals surface area contributed by atoms with Gasteiger partial charge in [0.05, 0.1) is 0 Å². The number of carbonyl (C=O) groups excluding carboxylic acids is 1. The number of benzene rings is 1. The standard InChI is InChI=1S/C10H8O2/c1-2-9(11)10(12)8-6-4-3-5-7-8/h1,3-7,10,12H. The molecule has 1 aromatic carbocycles. The topological polar surface area (TPSA) is 37.3 Å². The van der Waals surface area contributed by atoms with E-state index in [-0.39, 0.29) is 0 Å². The Kier molecular flexibility index (Phi) is 2.62. The van der Waals surface area contributed by atoms with E-state index in [0.717, 1.165) is 0 Å². The number of ketones is 1. The second-order valence-electron chi connectivity index (χ2n) is 2.32. The molecule has 0 aromatic heterocycles. The van der Waals surface area contributed by atoms with Crippen molar-refractivity contribution in [1.82, 2.24) is 0 Å². The quantitative estimate of drug-likeness (QED) is 0.516. The van der Waals surface area contributed by atoms with Crippen LogP contribution in [0.5, 0.6) is 0 Å². The van der Waals surface area contributed by atoms with E-state index in [1.807, 2.05) is 5.92 Å². The van der Waals surface area contributed by atoms with E-state index < -0.39 is 11.9 Å². The number of carbonyl (C=O) groups is 1. The molecule has 60 valence electrons. The Morgan fingerprint density at radius 3 is 2.50 bits per heavy atom. The third-order valence-corrected chi connectivity index (χ3v) is 1.51. The molecule has 1 unspecified atom stereocenters. The third-order valence-electron chi connectivity index (χ3n) is 1.51. The van der Waals surface area contributed by atoms with Crippen LogP contribution in [0.3, 0.4) is 0 Å². The monoisotopic (exact) mass is 160 g/mol. The molecule has 1 N–H and O–H groups in total. The van der Waals surface area contributed by atoms with Crippen LogP contribution in [0.1, 0.15) is 11.7 Å². The molecule has 2 heteroatoms. The highest BCUT2D eigenvalue weighted by molar-refractivity contribution is 5.98. The van der Waals surface area contributed by atoms with Crippen molar-refractivity contribution in [3.8, 4) is 12.3 Å². The summed E-state index contributed by atoms with van der Waals surface area (Å²) < 4.78 is 0. The molecular weight excluding hydrogens is 152 g/mol. The minimum atomic E-state index is -1.18. The van der Waals surface area contributed by atoms with Gasteiger partial charge in [-0.3, -0.25) is 4.79 Å². The van der Waals surface area contributed by atoms with Crippen LogP contribution in [0.15, 0.2) is 30.3 Å². The molecule has 0 heterocycles. The minimum absolute atomic E-state index is 0.528. The first-order valence-electron chi connectivity index (χ1n) is 3.49. The fourth-order valence-corrected chi connectivity index (χ4v) is 0.866. The molecule has 1 rings (SSSR count). The zero-order valence-electron chi connectivity index (χ0n) is 6.40. The van der Waals surface area contributed by atoms with Gasteiger partial charge in [-0.2, -0.15) is 0 Å². The van der Waals surface area contributed by atoms with Crippen LogP contribution in [-0.4, -0.2) is 10.9 Å². The molecule has 0 radical (unpaired) electrons. The highest BCUT2D eigenvalue weighted by Crippen LogP contribution is 2.11. The summed E-state index contributed by atoms with van der Waals surface area (Å²) >= 11 is 0. The molecule has 0 fully saturated rings. The molecule has 0 amide bonds. The number of hydrogen-bond donors (Lipinski definition) is 1. The van der Waals surface area contributed by atoms with Crippen molar-refractivity contribution in [2.24, 2.45) is 0 Å². The Balaban J connectivity index is 2.87. The van der Waals surface area contributed by atoms with E-state index in [1.165, 1.54) is 0 Å². The zero-order chi connectivity index (χ0) is 8.97. The zero-order valence-corrected chi connectivity index (χ0v) is 6.40. The van der Waals surface area contributed by atoms with Gasteiger partial charge in [-0.25, -0.2) is 0 Å². The second kappa shape index (κ2) is 3.70. The Labute approximate surface area is 70.8 Å². The van der Waals surface area contributed by atoms with E-state index in [2.05, 4.69) is 0 Å². The molecule has 1 aromatic rings. The maximum atomic E-state index is 10.8. The molecule has 0 spiro atoms. The molecule has 0 aliphatic rings. The first-order valence-corrected chi connectivity index (χ1v) is 3.49. The molecule has 12 heavy (non-hydrogen) atoms. The van der Waals surface area contributed by atoms with E-state index in [0.29, 0.717) is 5.56 Å². The Morgan fingerprint density at radius 1 is 1.42 bits per heavy atom. The number of rotatable bonds is 2. The van der Waals surface area contributed by atoms with Gasteiger partial charge >= 0.3 is 0 Å². The molecule has 0 aliphatic carbocycles. The van der Waals surface area contributed by atoms with E-state index in [9.17, 15) is 9.90 Å². The minimum Gasteiger partial charge on any atom is -0.379 e. The maximum absolute atomic E-state index is 10.8. The molecule has 2 nitrogen and oxygen atoms in total. The van der Waals surface area contributed by atoms with Crippen molar-refractivity contribution < 1.29 is 9.90 Å². The van der Waals surface area contributed by atoms with Gasteiger partial charge in [-0.05, 0) is 11.5 Å². The lowest BCUT2D eigenvalue weighted by Crippen LogP contribution is -2.08. The number of Topliss-reactive ketones (excluding diaryl/α,β-unsaturated/α-hetero) is 1. The average Bonchev–Trinajstić information content (AvgIpc) is 2.17. The van der Waals surface area contributed by atoms with Crippen LogP contribution in [0.25, 0.3) is 0 Å². The van der Waals surface area contributed by atoms with Gasteiger partial charge in [0.15, 0.2) is 0 Å². The van der Waals surface area contributed by atoms with Gasteiger partial charge in [-0.1, -0.05) is 30.3 Å². The lowest BCUT2D eigenvalue weighted by atomic mass is 10.1.